The fourth-order valence-electron chi connectivity index (χ4n) is 2.13. The predicted molar refractivity (Wildman–Crippen MR) is 76.2 cm³/mol. The average Bonchev–Trinajstić information content (AvgIpc) is 2.48. The fourth-order valence-corrected chi connectivity index (χ4v) is 2.13. The van der Waals surface area contributed by atoms with E-state index < -0.39 is 5.91 Å². The molecule has 0 unspecified atom stereocenters. The molecule has 0 radical (unpaired) electrons. The van der Waals surface area contributed by atoms with Gasteiger partial charge >= 0.3 is 0 Å². The summed E-state index contributed by atoms with van der Waals surface area (Å²) in [6, 6.07) is 7.87. The first-order chi connectivity index (χ1) is 10.1. The molecule has 0 spiro atoms. The second-order valence-electron chi connectivity index (χ2n) is 4.68. The van der Waals surface area contributed by atoms with Crippen LogP contribution in [0.25, 0.3) is 0 Å². The summed E-state index contributed by atoms with van der Waals surface area (Å²) in [5.41, 5.74) is 2.12. The largest absolute Gasteiger partial charge is 0.326 e. The van der Waals surface area contributed by atoms with E-state index in [1.54, 1.807) is 12.1 Å². The van der Waals surface area contributed by atoms with E-state index in [4.69, 9.17) is 0 Å². The quantitative estimate of drug-likeness (QED) is 0.762. The van der Waals surface area contributed by atoms with Crippen molar-refractivity contribution in [2.75, 3.05) is 10.6 Å². The number of rotatable bonds is 2. The van der Waals surface area contributed by atoms with Crippen LogP contribution < -0.4 is 16.2 Å². The lowest BCUT2D eigenvalue weighted by Crippen LogP contribution is -2.20. The maximum Gasteiger partial charge on any atom is 0.276 e. The molecule has 0 aliphatic carbocycles. The van der Waals surface area contributed by atoms with Crippen LogP contribution in [0.2, 0.25) is 0 Å². The second-order valence-corrected chi connectivity index (χ2v) is 4.68. The highest BCUT2D eigenvalue weighted by Crippen LogP contribution is 2.25. The van der Waals surface area contributed by atoms with Crippen LogP contribution in [-0.2, 0) is 11.2 Å². The third kappa shape index (κ3) is 2.81. The molecule has 2 heterocycles. The topological polar surface area (TPSA) is 104 Å². The Balaban J connectivity index is 1.79. The molecule has 3 rings (SSSR count). The Kier molecular flexibility index (Phi) is 3.23. The summed E-state index contributed by atoms with van der Waals surface area (Å²) in [7, 11) is 0. The second kappa shape index (κ2) is 5.20. The first-order valence-electron chi connectivity index (χ1n) is 6.42. The molecule has 0 bridgehead atoms. The van der Waals surface area contributed by atoms with Gasteiger partial charge in [0.25, 0.3) is 11.5 Å². The number of carbonyl (C=O) groups is 2. The van der Waals surface area contributed by atoms with Gasteiger partial charge in [0, 0.05) is 23.9 Å². The number of amides is 2. The molecule has 106 valence electrons. The molecule has 1 aromatic carbocycles. The zero-order valence-corrected chi connectivity index (χ0v) is 11.0. The number of carbonyl (C=O) groups excluding carboxylic acids is 2. The summed E-state index contributed by atoms with van der Waals surface area (Å²) in [4.78, 5) is 34.2. The lowest BCUT2D eigenvalue weighted by atomic mass is 10.0. The Morgan fingerprint density at radius 1 is 1.14 bits per heavy atom. The minimum Gasteiger partial charge on any atom is -0.326 e. The van der Waals surface area contributed by atoms with Crippen molar-refractivity contribution in [3.05, 3.63) is 51.9 Å². The average molecular weight is 284 g/mol. The van der Waals surface area contributed by atoms with Gasteiger partial charge in [0.15, 0.2) is 0 Å². The number of hydrogen-bond donors (Lipinski definition) is 3. The SMILES string of the molecule is O=C1CCc2cc(NC(=O)c3ccc(=O)[nH]n3)ccc2N1. The van der Waals surface area contributed by atoms with Crippen molar-refractivity contribution in [3.63, 3.8) is 0 Å². The van der Waals surface area contributed by atoms with E-state index >= 15 is 0 Å². The molecule has 1 aliphatic rings. The van der Waals surface area contributed by atoms with Gasteiger partial charge in [-0.15, -0.1) is 0 Å². The van der Waals surface area contributed by atoms with Crippen molar-refractivity contribution < 1.29 is 9.59 Å². The Hall–Kier alpha value is -2.96. The van der Waals surface area contributed by atoms with E-state index in [1.165, 1.54) is 12.1 Å². The number of anilines is 2. The van der Waals surface area contributed by atoms with Gasteiger partial charge < -0.3 is 10.6 Å². The molecule has 0 atom stereocenters. The number of H-pyrrole nitrogens is 1. The molecule has 0 saturated heterocycles. The molecular weight excluding hydrogens is 272 g/mol. The minimum atomic E-state index is -0.411. The molecule has 1 aromatic heterocycles. The normalized spacial score (nSPS) is 13.2. The third-order valence-electron chi connectivity index (χ3n) is 3.17. The van der Waals surface area contributed by atoms with Crippen molar-refractivity contribution in [1.29, 1.82) is 0 Å². The summed E-state index contributed by atoms with van der Waals surface area (Å²) in [6.45, 7) is 0. The number of fused-ring (bicyclic) bond motifs is 1. The Labute approximate surface area is 119 Å². The highest BCUT2D eigenvalue weighted by Gasteiger charge is 2.15. The number of benzene rings is 1. The fraction of sp³-hybridized carbons (Fsp3) is 0.143. The Morgan fingerprint density at radius 2 is 2.00 bits per heavy atom. The number of nitrogens with one attached hydrogen (secondary N) is 3. The molecule has 2 aromatic rings. The van der Waals surface area contributed by atoms with Crippen LogP contribution in [0.1, 0.15) is 22.5 Å². The zero-order valence-electron chi connectivity index (χ0n) is 11.0. The monoisotopic (exact) mass is 284 g/mol. The van der Waals surface area contributed by atoms with E-state index in [-0.39, 0.29) is 17.2 Å². The number of nitrogens with zero attached hydrogens (tertiary/aromatic N) is 1. The summed E-state index contributed by atoms with van der Waals surface area (Å²) in [6.07, 6.45) is 1.08. The Morgan fingerprint density at radius 3 is 2.76 bits per heavy atom. The van der Waals surface area contributed by atoms with E-state index in [9.17, 15) is 14.4 Å². The lowest BCUT2D eigenvalue weighted by Gasteiger charge is -2.17. The van der Waals surface area contributed by atoms with Crippen LogP contribution in [0.5, 0.6) is 0 Å². The maximum absolute atomic E-state index is 12.0. The van der Waals surface area contributed by atoms with Crippen LogP contribution >= 0.6 is 0 Å². The molecule has 7 heteroatoms. The van der Waals surface area contributed by atoms with Crippen LogP contribution in [0, 0.1) is 0 Å². The number of aromatic amines is 1. The van der Waals surface area contributed by atoms with Crippen molar-refractivity contribution >= 4 is 23.2 Å². The van der Waals surface area contributed by atoms with E-state index in [2.05, 4.69) is 20.8 Å². The molecule has 21 heavy (non-hydrogen) atoms. The number of aryl methyl sites for hydroxylation is 1. The molecule has 7 nitrogen and oxygen atoms in total. The highest BCUT2D eigenvalue weighted by atomic mass is 16.2. The molecule has 0 saturated carbocycles. The molecule has 2 amide bonds. The van der Waals surface area contributed by atoms with Crippen LogP contribution in [0.3, 0.4) is 0 Å². The number of aromatic nitrogens is 2. The molecule has 0 fully saturated rings. The third-order valence-corrected chi connectivity index (χ3v) is 3.17. The summed E-state index contributed by atoms with van der Waals surface area (Å²) >= 11 is 0. The van der Waals surface area contributed by atoms with Gasteiger partial charge in [0.1, 0.15) is 5.69 Å². The van der Waals surface area contributed by atoms with Crippen LogP contribution in [0.4, 0.5) is 11.4 Å². The van der Waals surface area contributed by atoms with Crippen LogP contribution in [0.15, 0.2) is 35.1 Å². The first kappa shape index (κ1) is 13.0. The van der Waals surface area contributed by atoms with E-state index in [0.717, 1.165) is 11.3 Å². The molecule has 1 aliphatic heterocycles. The number of hydrogen-bond acceptors (Lipinski definition) is 4. The van der Waals surface area contributed by atoms with Gasteiger partial charge in [-0.2, -0.15) is 5.10 Å². The van der Waals surface area contributed by atoms with Gasteiger partial charge in [0.2, 0.25) is 5.91 Å². The zero-order chi connectivity index (χ0) is 14.8. The van der Waals surface area contributed by atoms with Crippen LogP contribution in [-0.4, -0.2) is 22.0 Å². The van der Waals surface area contributed by atoms with Gasteiger partial charge in [0.05, 0.1) is 0 Å². The predicted octanol–water partition coefficient (Wildman–Crippen LogP) is 0.907. The van der Waals surface area contributed by atoms with Crippen molar-refractivity contribution in [2.45, 2.75) is 12.8 Å². The van der Waals surface area contributed by atoms with Gasteiger partial charge in [-0.05, 0) is 36.2 Å². The van der Waals surface area contributed by atoms with E-state index in [0.29, 0.717) is 18.5 Å². The summed E-state index contributed by atoms with van der Waals surface area (Å²) in [5, 5.41) is 11.4. The summed E-state index contributed by atoms with van der Waals surface area (Å²) < 4.78 is 0. The molecule has 3 N–H and O–H groups in total. The standard InChI is InChI=1S/C14H12N4O3/c19-12-5-1-8-7-9(2-3-10(8)16-12)15-14(21)11-4-6-13(20)18-17-11/h2-4,6-7H,1,5H2,(H,15,21)(H,16,19)(H,18,20). The smallest absolute Gasteiger partial charge is 0.276 e. The van der Waals surface area contributed by atoms with Gasteiger partial charge in [-0.3, -0.25) is 14.4 Å². The lowest BCUT2D eigenvalue weighted by molar-refractivity contribution is -0.116. The van der Waals surface area contributed by atoms with Crippen molar-refractivity contribution in [2.24, 2.45) is 0 Å². The maximum atomic E-state index is 12.0. The van der Waals surface area contributed by atoms with Gasteiger partial charge in [-0.25, -0.2) is 5.10 Å². The van der Waals surface area contributed by atoms with Gasteiger partial charge in [-0.1, -0.05) is 0 Å². The highest BCUT2D eigenvalue weighted by molar-refractivity contribution is 6.03. The van der Waals surface area contributed by atoms with Crippen molar-refractivity contribution in [1.82, 2.24) is 10.2 Å². The van der Waals surface area contributed by atoms with Crippen molar-refractivity contribution in [3.8, 4) is 0 Å². The first-order valence-corrected chi connectivity index (χ1v) is 6.42. The van der Waals surface area contributed by atoms with E-state index in [1.807, 2.05) is 6.07 Å². The minimum absolute atomic E-state index is 0.00303. The Bertz CT molecular complexity index is 762. The summed E-state index contributed by atoms with van der Waals surface area (Å²) in [5.74, 6) is -0.414. The molecular formula is C14H12N4O3.